The molecule has 1 aromatic heterocycles. The van der Waals surface area contributed by atoms with Gasteiger partial charge in [-0.1, -0.05) is 12.1 Å². The molecule has 0 saturated heterocycles. The number of fused-ring (bicyclic) bond motifs is 1. The first-order valence-electron chi connectivity index (χ1n) is 6.85. The van der Waals surface area contributed by atoms with Crippen molar-refractivity contribution in [1.82, 2.24) is 15.4 Å². The van der Waals surface area contributed by atoms with E-state index in [4.69, 9.17) is 5.21 Å². The zero-order valence-electron chi connectivity index (χ0n) is 12.0. The molecule has 0 bridgehead atoms. The molecule has 6 nitrogen and oxygen atoms in total. The molecule has 0 saturated carbocycles. The van der Waals surface area contributed by atoms with Crippen LogP contribution in [0.25, 0.3) is 10.9 Å². The van der Waals surface area contributed by atoms with Gasteiger partial charge >= 0.3 is 0 Å². The van der Waals surface area contributed by atoms with Crippen LogP contribution in [0.1, 0.15) is 15.9 Å². The number of anilines is 1. The molecule has 0 unspecified atom stereocenters. The van der Waals surface area contributed by atoms with Crippen LogP contribution < -0.4 is 10.8 Å². The Morgan fingerprint density at radius 1 is 1.13 bits per heavy atom. The predicted molar refractivity (Wildman–Crippen MR) is 82.5 cm³/mol. The van der Waals surface area contributed by atoms with Crippen molar-refractivity contribution in [3.8, 4) is 0 Å². The number of amides is 1. The van der Waals surface area contributed by atoms with Gasteiger partial charge in [0.1, 0.15) is 18.0 Å². The largest absolute Gasteiger partial charge is 0.365 e. The Labute approximate surface area is 131 Å². The standard InChI is InChI=1S/C16H13FN4O2/c17-12-5-6-14-13(7-12)15(20-9-19-14)18-8-10-1-3-11(4-2-10)16(22)21-23/h1-7,9,23H,8H2,(H,21,22)(H,18,19,20). The van der Waals surface area contributed by atoms with Gasteiger partial charge in [0.05, 0.1) is 5.52 Å². The number of hydrogen-bond donors (Lipinski definition) is 3. The van der Waals surface area contributed by atoms with Gasteiger partial charge in [-0.25, -0.2) is 19.8 Å². The average Bonchev–Trinajstić information content (AvgIpc) is 2.59. The van der Waals surface area contributed by atoms with E-state index in [1.807, 2.05) is 0 Å². The summed E-state index contributed by atoms with van der Waals surface area (Å²) >= 11 is 0. The summed E-state index contributed by atoms with van der Waals surface area (Å²) in [4.78, 5) is 19.5. The molecule has 0 spiro atoms. The zero-order chi connectivity index (χ0) is 16.2. The minimum absolute atomic E-state index is 0.352. The Bertz CT molecular complexity index is 852. The molecule has 1 amide bonds. The summed E-state index contributed by atoms with van der Waals surface area (Å²) in [5, 5.41) is 12.3. The molecule has 3 aromatic rings. The monoisotopic (exact) mass is 312 g/mol. The molecule has 0 fully saturated rings. The van der Waals surface area contributed by atoms with Crippen LogP contribution in [0.4, 0.5) is 10.2 Å². The third-order valence-electron chi connectivity index (χ3n) is 3.38. The van der Waals surface area contributed by atoms with Gasteiger partial charge in [-0.05, 0) is 35.9 Å². The van der Waals surface area contributed by atoms with E-state index in [1.165, 1.54) is 18.5 Å². The molecule has 3 rings (SSSR count). The summed E-state index contributed by atoms with van der Waals surface area (Å²) in [6.07, 6.45) is 1.41. The lowest BCUT2D eigenvalue weighted by molar-refractivity contribution is 0.0706. The van der Waals surface area contributed by atoms with Crippen molar-refractivity contribution in [3.63, 3.8) is 0 Å². The molecule has 0 aliphatic heterocycles. The summed E-state index contributed by atoms with van der Waals surface area (Å²) in [5.74, 6) is -0.386. The van der Waals surface area contributed by atoms with E-state index in [0.717, 1.165) is 5.56 Å². The number of nitrogens with one attached hydrogen (secondary N) is 2. The van der Waals surface area contributed by atoms with Crippen LogP contribution in [0.15, 0.2) is 48.8 Å². The Hall–Kier alpha value is -3.06. The van der Waals surface area contributed by atoms with Gasteiger partial charge in [0.15, 0.2) is 0 Å². The Morgan fingerprint density at radius 2 is 1.91 bits per heavy atom. The van der Waals surface area contributed by atoms with E-state index in [2.05, 4.69) is 15.3 Å². The molecule has 7 heteroatoms. The second-order valence-electron chi connectivity index (χ2n) is 4.88. The van der Waals surface area contributed by atoms with Gasteiger partial charge in [-0.3, -0.25) is 10.0 Å². The van der Waals surface area contributed by atoms with Crippen molar-refractivity contribution in [2.75, 3.05) is 5.32 Å². The van der Waals surface area contributed by atoms with E-state index in [0.29, 0.717) is 28.8 Å². The van der Waals surface area contributed by atoms with E-state index in [9.17, 15) is 9.18 Å². The quantitative estimate of drug-likeness (QED) is 0.509. The summed E-state index contributed by atoms with van der Waals surface area (Å²) in [7, 11) is 0. The highest BCUT2D eigenvalue weighted by Gasteiger charge is 2.06. The minimum atomic E-state index is -0.568. The molecule has 3 N–H and O–H groups in total. The second-order valence-corrected chi connectivity index (χ2v) is 4.88. The maximum atomic E-state index is 13.4. The van der Waals surface area contributed by atoms with Crippen molar-refractivity contribution in [2.24, 2.45) is 0 Å². The Morgan fingerprint density at radius 3 is 2.65 bits per heavy atom. The molecule has 116 valence electrons. The number of nitrogens with zero attached hydrogens (tertiary/aromatic N) is 2. The van der Waals surface area contributed by atoms with E-state index in [-0.39, 0.29) is 5.82 Å². The van der Waals surface area contributed by atoms with Crippen LogP contribution in [0, 0.1) is 5.82 Å². The third kappa shape index (κ3) is 3.24. The zero-order valence-corrected chi connectivity index (χ0v) is 12.0. The van der Waals surface area contributed by atoms with E-state index < -0.39 is 5.91 Å². The van der Waals surface area contributed by atoms with Crippen molar-refractivity contribution in [3.05, 3.63) is 65.7 Å². The molecule has 0 radical (unpaired) electrons. The normalized spacial score (nSPS) is 10.5. The van der Waals surface area contributed by atoms with Crippen molar-refractivity contribution in [2.45, 2.75) is 6.54 Å². The SMILES string of the molecule is O=C(NO)c1ccc(CNc2ncnc3ccc(F)cc23)cc1. The van der Waals surface area contributed by atoms with Crippen LogP contribution in [0.2, 0.25) is 0 Å². The smallest absolute Gasteiger partial charge is 0.274 e. The topological polar surface area (TPSA) is 87.1 Å². The van der Waals surface area contributed by atoms with E-state index >= 15 is 0 Å². The fourth-order valence-corrected chi connectivity index (χ4v) is 2.19. The number of hydroxylamine groups is 1. The summed E-state index contributed by atoms with van der Waals surface area (Å²) in [6.45, 7) is 0.448. The maximum absolute atomic E-state index is 13.4. The van der Waals surface area contributed by atoms with Gasteiger partial charge in [0, 0.05) is 17.5 Å². The Kier molecular flexibility index (Phi) is 4.11. The number of rotatable bonds is 4. The maximum Gasteiger partial charge on any atom is 0.274 e. The molecule has 1 heterocycles. The van der Waals surface area contributed by atoms with Crippen LogP contribution >= 0.6 is 0 Å². The molecule has 2 aromatic carbocycles. The Balaban J connectivity index is 1.78. The van der Waals surface area contributed by atoms with Crippen LogP contribution in [-0.2, 0) is 6.54 Å². The first-order valence-corrected chi connectivity index (χ1v) is 6.85. The minimum Gasteiger partial charge on any atom is -0.365 e. The number of aromatic nitrogens is 2. The average molecular weight is 312 g/mol. The highest BCUT2D eigenvalue weighted by Crippen LogP contribution is 2.20. The molecular formula is C16H13FN4O2. The van der Waals surface area contributed by atoms with Crippen molar-refractivity contribution < 1.29 is 14.4 Å². The highest BCUT2D eigenvalue weighted by atomic mass is 19.1. The number of hydrogen-bond acceptors (Lipinski definition) is 5. The molecule has 0 atom stereocenters. The highest BCUT2D eigenvalue weighted by molar-refractivity contribution is 5.93. The van der Waals surface area contributed by atoms with Gasteiger partial charge in [0.2, 0.25) is 0 Å². The van der Waals surface area contributed by atoms with Gasteiger partial charge in [-0.15, -0.1) is 0 Å². The van der Waals surface area contributed by atoms with Crippen LogP contribution in [0.3, 0.4) is 0 Å². The number of benzene rings is 2. The molecule has 23 heavy (non-hydrogen) atoms. The van der Waals surface area contributed by atoms with Crippen molar-refractivity contribution in [1.29, 1.82) is 0 Å². The van der Waals surface area contributed by atoms with Gasteiger partial charge < -0.3 is 5.32 Å². The number of carbonyl (C=O) groups excluding carboxylic acids is 1. The number of halogens is 1. The molecule has 0 aliphatic carbocycles. The lowest BCUT2D eigenvalue weighted by atomic mass is 10.1. The van der Waals surface area contributed by atoms with Gasteiger partial charge in [-0.2, -0.15) is 0 Å². The van der Waals surface area contributed by atoms with Crippen LogP contribution in [0.5, 0.6) is 0 Å². The summed E-state index contributed by atoms with van der Waals surface area (Å²) in [6, 6.07) is 11.0. The van der Waals surface area contributed by atoms with Crippen molar-refractivity contribution >= 4 is 22.6 Å². The summed E-state index contributed by atoms with van der Waals surface area (Å²) in [5.41, 5.74) is 3.49. The second kappa shape index (κ2) is 6.37. The number of carbonyl (C=O) groups is 1. The molecule has 0 aliphatic rings. The first kappa shape index (κ1) is 14.9. The third-order valence-corrected chi connectivity index (χ3v) is 3.38. The predicted octanol–water partition coefficient (Wildman–Crippen LogP) is 2.50. The van der Waals surface area contributed by atoms with Gasteiger partial charge in [0.25, 0.3) is 5.91 Å². The fourth-order valence-electron chi connectivity index (χ4n) is 2.19. The lowest BCUT2D eigenvalue weighted by Gasteiger charge is -2.09. The van der Waals surface area contributed by atoms with Crippen LogP contribution in [-0.4, -0.2) is 21.1 Å². The fraction of sp³-hybridized carbons (Fsp3) is 0.0625. The van der Waals surface area contributed by atoms with E-state index in [1.54, 1.807) is 35.8 Å². The molecular weight excluding hydrogens is 299 g/mol. The summed E-state index contributed by atoms with van der Waals surface area (Å²) < 4.78 is 13.4. The lowest BCUT2D eigenvalue weighted by Crippen LogP contribution is -2.18. The first-order chi connectivity index (χ1) is 11.2.